The van der Waals surface area contributed by atoms with Gasteiger partial charge in [0, 0.05) is 26.2 Å². The number of likely N-dealkylation sites (N-methyl/N-ethyl adjacent to an activating group) is 1. The van der Waals surface area contributed by atoms with Gasteiger partial charge in [0.1, 0.15) is 0 Å². The normalized spacial score (nSPS) is 23.9. The van der Waals surface area contributed by atoms with Crippen molar-refractivity contribution in [2.45, 2.75) is 52.6 Å². The molecule has 3 atom stereocenters. The second-order valence-electron chi connectivity index (χ2n) is 5.82. The summed E-state index contributed by atoms with van der Waals surface area (Å²) in [5, 5.41) is 3.49. The van der Waals surface area contributed by atoms with Gasteiger partial charge in [0.05, 0.1) is 6.04 Å². The summed E-state index contributed by atoms with van der Waals surface area (Å²) in [5.74, 6) is 0.855. The van der Waals surface area contributed by atoms with Crippen molar-refractivity contribution in [2.24, 2.45) is 5.92 Å². The Morgan fingerprint density at radius 1 is 1.42 bits per heavy atom. The van der Waals surface area contributed by atoms with Crippen LogP contribution in [0, 0.1) is 5.92 Å². The van der Waals surface area contributed by atoms with Crippen LogP contribution >= 0.6 is 0 Å². The van der Waals surface area contributed by atoms with Gasteiger partial charge in [-0.15, -0.1) is 0 Å². The van der Waals surface area contributed by atoms with Crippen molar-refractivity contribution in [3.8, 4) is 0 Å². The lowest BCUT2D eigenvalue weighted by Gasteiger charge is -2.36. The van der Waals surface area contributed by atoms with Crippen molar-refractivity contribution in [3.63, 3.8) is 0 Å². The molecule has 4 nitrogen and oxygen atoms in total. The van der Waals surface area contributed by atoms with Gasteiger partial charge in [-0.05, 0) is 52.6 Å². The molecular weight excluding hydrogens is 238 g/mol. The van der Waals surface area contributed by atoms with Gasteiger partial charge in [0.25, 0.3) is 0 Å². The molecule has 4 heteroatoms. The zero-order chi connectivity index (χ0) is 14.4. The molecule has 1 saturated heterocycles. The van der Waals surface area contributed by atoms with Crippen molar-refractivity contribution in [3.05, 3.63) is 0 Å². The molecule has 0 bridgehead atoms. The van der Waals surface area contributed by atoms with Crippen LogP contribution in [0.2, 0.25) is 0 Å². The van der Waals surface area contributed by atoms with Gasteiger partial charge < -0.3 is 15.1 Å². The Hall–Kier alpha value is -0.610. The van der Waals surface area contributed by atoms with Crippen LogP contribution in [0.5, 0.6) is 0 Å². The van der Waals surface area contributed by atoms with Crippen molar-refractivity contribution in [1.82, 2.24) is 15.1 Å². The highest BCUT2D eigenvalue weighted by Gasteiger charge is 2.26. The largest absolute Gasteiger partial charge is 0.345 e. The molecule has 112 valence electrons. The topological polar surface area (TPSA) is 35.6 Å². The number of carbonyl (C=O) groups is 1. The van der Waals surface area contributed by atoms with Gasteiger partial charge in [-0.25, -0.2) is 0 Å². The zero-order valence-corrected chi connectivity index (χ0v) is 13.3. The molecule has 3 unspecified atom stereocenters. The van der Waals surface area contributed by atoms with Gasteiger partial charge in [-0.3, -0.25) is 4.79 Å². The van der Waals surface area contributed by atoms with E-state index in [0.717, 1.165) is 19.6 Å². The third-order valence-corrected chi connectivity index (χ3v) is 4.43. The minimum atomic E-state index is -0.0862. The number of piperidine rings is 1. The smallest absolute Gasteiger partial charge is 0.239 e. The van der Waals surface area contributed by atoms with Crippen molar-refractivity contribution in [2.75, 3.05) is 33.2 Å². The molecule has 0 aliphatic carbocycles. The fourth-order valence-corrected chi connectivity index (χ4v) is 2.87. The van der Waals surface area contributed by atoms with Crippen LogP contribution in [0.25, 0.3) is 0 Å². The minimum absolute atomic E-state index is 0.0862. The van der Waals surface area contributed by atoms with E-state index in [1.165, 1.54) is 19.4 Å². The van der Waals surface area contributed by atoms with E-state index < -0.39 is 0 Å². The summed E-state index contributed by atoms with van der Waals surface area (Å²) in [6, 6.07) is 0.315. The lowest BCUT2D eigenvalue weighted by atomic mass is 9.91. The van der Waals surface area contributed by atoms with Gasteiger partial charge >= 0.3 is 0 Å². The third-order valence-electron chi connectivity index (χ3n) is 4.43. The second-order valence-corrected chi connectivity index (χ2v) is 5.82. The number of hydrogen-bond donors (Lipinski definition) is 1. The maximum absolute atomic E-state index is 12.1. The lowest BCUT2D eigenvalue weighted by Crippen LogP contribution is -2.51. The Bertz CT molecular complexity index is 283. The minimum Gasteiger partial charge on any atom is -0.345 e. The maximum atomic E-state index is 12.1. The first kappa shape index (κ1) is 16.4. The predicted molar refractivity (Wildman–Crippen MR) is 80.2 cm³/mol. The Labute approximate surface area is 118 Å². The molecule has 0 aromatic carbocycles. The van der Waals surface area contributed by atoms with Crippen molar-refractivity contribution < 1.29 is 4.79 Å². The van der Waals surface area contributed by atoms with Crippen LogP contribution in [0.4, 0.5) is 0 Å². The summed E-state index contributed by atoms with van der Waals surface area (Å²) in [5.41, 5.74) is 0. The summed E-state index contributed by atoms with van der Waals surface area (Å²) in [7, 11) is 1.87. The first-order valence-electron chi connectivity index (χ1n) is 7.72. The number of likely N-dealkylation sites (tertiary alicyclic amines) is 1. The predicted octanol–water partition coefficient (Wildman–Crippen LogP) is 1.56. The van der Waals surface area contributed by atoms with E-state index in [1.807, 2.05) is 20.9 Å². The van der Waals surface area contributed by atoms with Gasteiger partial charge in [-0.1, -0.05) is 6.92 Å². The number of hydrogen-bond acceptors (Lipinski definition) is 3. The summed E-state index contributed by atoms with van der Waals surface area (Å²) < 4.78 is 0. The highest BCUT2D eigenvalue weighted by molar-refractivity contribution is 5.81. The lowest BCUT2D eigenvalue weighted by molar-refractivity contribution is -0.131. The Kier molecular flexibility index (Phi) is 6.80. The summed E-state index contributed by atoms with van der Waals surface area (Å²) in [4.78, 5) is 16.4. The number of rotatable bonds is 6. The molecule has 1 rings (SSSR count). The second kappa shape index (κ2) is 7.85. The standard InChI is InChI=1S/C15H31N3O/c1-6-17(5)15(19)13(4)16-12(3)14-9-8-10-18(7-2)11-14/h12-14,16H,6-11H2,1-5H3. The third kappa shape index (κ3) is 4.77. The zero-order valence-electron chi connectivity index (χ0n) is 13.3. The first-order chi connectivity index (χ1) is 8.99. The Balaban J connectivity index is 2.45. The van der Waals surface area contributed by atoms with Crippen LogP contribution < -0.4 is 5.32 Å². The summed E-state index contributed by atoms with van der Waals surface area (Å²) >= 11 is 0. The fraction of sp³-hybridized carbons (Fsp3) is 0.933. The molecular formula is C15H31N3O. The van der Waals surface area contributed by atoms with Crippen LogP contribution in [0.15, 0.2) is 0 Å². The van der Waals surface area contributed by atoms with Crippen LogP contribution in [-0.4, -0.2) is 61.0 Å². The molecule has 0 spiro atoms. The molecule has 1 N–H and O–H groups in total. The Morgan fingerprint density at radius 3 is 2.68 bits per heavy atom. The summed E-state index contributed by atoms with van der Waals surface area (Å²) in [6.45, 7) is 12.7. The van der Waals surface area contributed by atoms with Crippen LogP contribution in [0.3, 0.4) is 0 Å². The highest BCUT2D eigenvalue weighted by atomic mass is 16.2. The number of nitrogens with zero attached hydrogens (tertiary/aromatic N) is 2. The van der Waals surface area contributed by atoms with E-state index in [9.17, 15) is 4.79 Å². The van der Waals surface area contributed by atoms with E-state index in [0.29, 0.717) is 12.0 Å². The van der Waals surface area contributed by atoms with Crippen LogP contribution in [-0.2, 0) is 4.79 Å². The maximum Gasteiger partial charge on any atom is 0.239 e. The Morgan fingerprint density at radius 2 is 2.11 bits per heavy atom. The average molecular weight is 269 g/mol. The van der Waals surface area contributed by atoms with E-state index in [4.69, 9.17) is 0 Å². The molecule has 0 radical (unpaired) electrons. The first-order valence-corrected chi connectivity index (χ1v) is 7.72. The quantitative estimate of drug-likeness (QED) is 0.795. The molecule has 0 saturated carbocycles. The molecule has 1 amide bonds. The van der Waals surface area contributed by atoms with E-state index >= 15 is 0 Å². The summed E-state index contributed by atoms with van der Waals surface area (Å²) in [6.07, 6.45) is 2.55. The van der Waals surface area contributed by atoms with Gasteiger partial charge in [-0.2, -0.15) is 0 Å². The molecule has 1 fully saturated rings. The SMILES string of the molecule is CCN1CCCC(C(C)NC(C)C(=O)N(C)CC)C1. The molecule has 19 heavy (non-hydrogen) atoms. The number of amides is 1. The molecule has 1 heterocycles. The van der Waals surface area contributed by atoms with E-state index in [1.54, 1.807) is 4.90 Å². The van der Waals surface area contributed by atoms with Gasteiger partial charge in [0.2, 0.25) is 5.91 Å². The van der Waals surface area contributed by atoms with Gasteiger partial charge in [0.15, 0.2) is 0 Å². The fourth-order valence-electron chi connectivity index (χ4n) is 2.87. The van der Waals surface area contributed by atoms with Crippen molar-refractivity contribution >= 4 is 5.91 Å². The average Bonchev–Trinajstić information content (AvgIpc) is 2.45. The number of nitrogens with one attached hydrogen (secondary N) is 1. The van der Waals surface area contributed by atoms with E-state index in [2.05, 4.69) is 24.1 Å². The van der Waals surface area contributed by atoms with E-state index in [-0.39, 0.29) is 11.9 Å². The van der Waals surface area contributed by atoms with Crippen molar-refractivity contribution in [1.29, 1.82) is 0 Å². The van der Waals surface area contributed by atoms with Crippen LogP contribution in [0.1, 0.15) is 40.5 Å². The molecule has 0 aromatic heterocycles. The highest BCUT2D eigenvalue weighted by Crippen LogP contribution is 2.19. The molecule has 0 aromatic rings. The molecule has 1 aliphatic heterocycles. The monoisotopic (exact) mass is 269 g/mol. The number of carbonyl (C=O) groups excluding carboxylic acids is 1. The molecule has 1 aliphatic rings.